The summed E-state index contributed by atoms with van der Waals surface area (Å²) in [6.07, 6.45) is 6.62. The fourth-order valence-electron chi connectivity index (χ4n) is 1.94. The van der Waals surface area contributed by atoms with Crippen LogP contribution in [-0.4, -0.2) is 26.6 Å². The largest absolute Gasteiger partial charge is 0.383 e. The van der Waals surface area contributed by atoms with Crippen molar-refractivity contribution in [3.05, 3.63) is 78.4 Å². The van der Waals surface area contributed by atoms with E-state index in [0.29, 0.717) is 23.3 Å². The smallest absolute Gasteiger partial charge is 0.156 e. The Morgan fingerprint density at radius 3 is 1.62 bits per heavy atom. The van der Waals surface area contributed by atoms with Gasteiger partial charge >= 0.3 is 0 Å². The van der Waals surface area contributed by atoms with Crippen LogP contribution < -0.4 is 11.5 Å². The molecule has 118 valence electrons. The summed E-state index contributed by atoms with van der Waals surface area (Å²) < 4.78 is 0. The summed E-state index contributed by atoms with van der Waals surface area (Å²) in [4.78, 5) is 20.9. The maximum atomic E-state index is 5.97. The molecule has 24 heavy (non-hydrogen) atoms. The van der Waals surface area contributed by atoms with Gasteiger partial charge in [0.25, 0.3) is 0 Å². The molecule has 3 aromatic rings. The maximum Gasteiger partial charge on any atom is 0.156 e. The highest BCUT2D eigenvalue weighted by Crippen LogP contribution is 2.16. The fraction of sp³-hybridized carbons (Fsp3) is 0. The Morgan fingerprint density at radius 2 is 1.21 bits per heavy atom. The number of amidine groups is 2. The lowest BCUT2D eigenvalue weighted by atomic mass is 10.2. The third-order valence-electron chi connectivity index (χ3n) is 3.10. The Morgan fingerprint density at radius 1 is 0.708 bits per heavy atom. The maximum absolute atomic E-state index is 5.97. The lowest BCUT2D eigenvalue weighted by Gasteiger charge is -2.02. The van der Waals surface area contributed by atoms with Crippen LogP contribution in [-0.2, 0) is 0 Å². The molecule has 0 aliphatic rings. The van der Waals surface area contributed by atoms with Crippen molar-refractivity contribution in [3.8, 4) is 0 Å². The first-order valence-electron chi connectivity index (χ1n) is 7.18. The van der Waals surface area contributed by atoms with E-state index in [2.05, 4.69) is 24.9 Å². The number of aromatic nitrogens is 3. The van der Waals surface area contributed by atoms with Crippen LogP contribution in [0.1, 0.15) is 11.1 Å². The van der Waals surface area contributed by atoms with E-state index >= 15 is 0 Å². The van der Waals surface area contributed by atoms with Crippen molar-refractivity contribution in [2.75, 3.05) is 0 Å². The van der Waals surface area contributed by atoms with E-state index in [-0.39, 0.29) is 0 Å². The molecule has 0 bridgehead atoms. The molecular formula is C17H15N7. The summed E-state index contributed by atoms with van der Waals surface area (Å²) in [5.41, 5.74) is 13.4. The zero-order valence-corrected chi connectivity index (χ0v) is 12.7. The lowest BCUT2D eigenvalue weighted by Crippen LogP contribution is -2.13. The summed E-state index contributed by atoms with van der Waals surface area (Å²) in [5.74, 6) is 1.54. The first-order valence-corrected chi connectivity index (χ1v) is 7.18. The number of pyridine rings is 3. The van der Waals surface area contributed by atoms with Crippen molar-refractivity contribution in [1.82, 2.24) is 15.0 Å². The molecule has 0 amide bonds. The third-order valence-corrected chi connectivity index (χ3v) is 3.10. The molecule has 3 rings (SSSR count). The van der Waals surface area contributed by atoms with Gasteiger partial charge in [-0.3, -0.25) is 9.97 Å². The van der Waals surface area contributed by atoms with Crippen LogP contribution in [0.4, 0.5) is 11.6 Å². The Balaban J connectivity index is 1.87. The molecule has 4 N–H and O–H groups in total. The molecule has 0 atom stereocenters. The highest BCUT2D eigenvalue weighted by Gasteiger charge is 2.02. The van der Waals surface area contributed by atoms with Gasteiger partial charge in [-0.1, -0.05) is 6.07 Å². The molecule has 3 heterocycles. The molecule has 0 radical (unpaired) electrons. The van der Waals surface area contributed by atoms with Crippen LogP contribution in [0.15, 0.2) is 77.2 Å². The monoisotopic (exact) mass is 317 g/mol. The van der Waals surface area contributed by atoms with Gasteiger partial charge in [0, 0.05) is 35.9 Å². The minimum Gasteiger partial charge on any atom is -0.383 e. The molecule has 0 saturated carbocycles. The van der Waals surface area contributed by atoms with Crippen molar-refractivity contribution >= 4 is 23.3 Å². The van der Waals surface area contributed by atoms with Crippen LogP contribution in [0.5, 0.6) is 0 Å². The molecule has 0 fully saturated rings. The summed E-state index contributed by atoms with van der Waals surface area (Å²) in [6, 6.07) is 12.5. The molecule has 0 saturated heterocycles. The van der Waals surface area contributed by atoms with Gasteiger partial charge in [0.15, 0.2) is 11.6 Å². The quantitative estimate of drug-likeness (QED) is 0.563. The highest BCUT2D eigenvalue weighted by atomic mass is 15.0. The van der Waals surface area contributed by atoms with Crippen LogP contribution in [0, 0.1) is 0 Å². The number of nitrogens with two attached hydrogens (primary N) is 2. The molecule has 7 heteroatoms. The van der Waals surface area contributed by atoms with Crippen molar-refractivity contribution in [1.29, 1.82) is 0 Å². The van der Waals surface area contributed by atoms with Crippen LogP contribution in [0.3, 0.4) is 0 Å². The SMILES string of the molecule is NC(=Nc1cccc(/N=C(/N)c2cccnc2)n1)c1cccnc1. The van der Waals surface area contributed by atoms with Crippen molar-refractivity contribution in [3.63, 3.8) is 0 Å². The summed E-state index contributed by atoms with van der Waals surface area (Å²) >= 11 is 0. The molecule has 0 spiro atoms. The molecule has 3 aromatic heterocycles. The van der Waals surface area contributed by atoms with Gasteiger partial charge in [0.1, 0.15) is 11.7 Å². The van der Waals surface area contributed by atoms with Gasteiger partial charge in [-0.15, -0.1) is 0 Å². The van der Waals surface area contributed by atoms with Gasteiger partial charge in [0.05, 0.1) is 0 Å². The van der Waals surface area contributed by atoms with E-state index in [1.54, 1.807) is 55.1 Å². The zero-order chi connectivity index (χ0) is 16.8. The second-order valence-corrected chi connectivity index (χ2v) is 4.83. The standard InChI is InChI=1S/C17H15N7/c18-16(12-4-2-8-20-10-12)23-14-6-1-7-15(22-14)24-17(19)13-5-3-9-21-11-13/h1-11H,(H4,18,19,22,23,24). The summed E-state index contributed by atoms with van der Waals surface area (Å²) in [6.45, 7) is 0. The fourth-order valence-corrected chi connectivity index (χ4v) is 1.94. The number of aliphatic imine (C=N–C) groups is 2. The van der Waals surface area contributed by atoms with E-state index < -0.39 is 0 Å². The molecule has 0 aromatic carbocycles. The van der Waals surface area contributed by atoms with Gasteiger partial charge in [0.2, 0.25) is 0 Å². The molecule has 0 aliphatic heterocycles. The topological polar surface area (TPSA) is 115 Å². The van der Waals surface area contributed by atoms with Crippen molar-refractivity contribution in [2.45, 2.75) is 0 Å². The Kier molecular flexibility index (Phi) is 4.52. The van der Waals surface area contributed by atoms with Gasteiger partial charge in [-0.2, -0.15) is 0 Å². The first kappa shape index (κ1) is 15.3. The predicted octanol–water partition coefficient (Wildman–Crippen LogP) is 1.95. The number of hydrogen-bond acceptors (Lipinski definition) is 5. The second-order valence-electron chi connectivity index (χ2n) is 4.83. The van der Waals surface area contributed by atoms with Gasteiger partial charge in [-0.25, -0.2) is 15.0 Å². The van der Waals surface area contributed by atoms with Gasteiger partial charge in [-0.05, 0) is 36.4 Å². The zero-order valence-electron chi connectivity index (χ0n) is 12.7. The summed E-state index contributed by atoms with van der Waals surface area (Å²) in [5, 5.41) is 0. The van der Waals surface area contributed by atoms with E-state index in [9.17, 15) is 0 Å². The average molecular weight is 317 g/mol. The lowest BCUT2D eigenvalue weighted by molar-refractivity contribution is 1.22. The van der Waals surface area contributed by atoms with E-state index in [0.717, 1.165) is 11.1 Å². The summed E-state index contributed by atoms with van der Waals surface area (Å²) in [7, 11) is 0. The first-order chi connectivity index (χ1) is 11.7. The van der Waals surface area contributed by atoms with Crippen molar-refractivity contribution in [2.24, 2.45) is 21.5 Å². The van der Waals surface area contributed by atoms with E-state index in [4.69, 9.17) is 11.5 Å². The minimum atomic E-state index is 0.331. The van der Waals surface area contributed by atoms with E-state index in [1.807, 2.05) is 12.1 Å². The van der Waals surface area contributed by atoms with Crippen molar-refractivity contribution < 1.29 is 0 Å². The Hall–Kier alpha value is -3.61. The Bertz CT molecular complexity index is 803. The number of hydrogen-bond donors (Lipinski definition) is 2. The van der Waals surface area contributed by atoms with Crippen LogP contribution in [0.2, 0.25) is 0 Å². The molecule has 0 aliphatic carbocycles. The Labute approximate surface area is 138 Å². The predicted molar refractivity (Wildman–Crippen MR) is 93.5 cm³/mol. The third kappa shape index (κ3) is 3.77. The number of nitrogens with zero attached hydrogens (tertiary/aromatic N) is 5. The van der Waals surface area contributed by atoms with Crippen LogP contribution in [0.25, 0.3) is 0 Å². The number of rotatable bonds is 4. The van der Waals surface area contributed by atoms with E-state index in [1.165, 1.54) is 0 Å². The molecule has 0 unspecified atom stereocenters. The van der Waals surface area contributed by atoms with Gasteiger partial charge < -0.3 is 11.5 Å². The molecule has 7 nitrogen and oxygen atoms in total. The highest BCUT2D eigenvalue weighted by molar-refractivity contribution is 5.99. The van der Waals surface area contributed by atoms with Crippen LogP contribution >= 0.6 is 0 Å². The minimum absolute atomic E-state index is 0.331. The normalized spacial score (nSPS) is 12.2. The average Bonchev–Trinajstić information content (AvgIpc) is 2.63. The molecular weight excluding hydrogens is 302 g/mol. The second kappa shape index (κ2) is 7.10.